The number of aromatic amines is 1. The third kappa shape index (κ3) is 1.40. The van der Waals surface area contributed by atoms with Crippen LogP contribution in [0.4, 0.5) is 5.82 Å². The highest BCUT2D eigenvalue weighted by molar-refractivity contribution is 5.99. The number of aromatic nitrogens is 3. The molecule has 7 heteroatoms. The van der Waals surface area contributed by atoms with Gasteiger partial charge in [0.15, 0.2) is 5.65 Å². The standard InChI is InChI=1S/C10H8N4O3/c11-6-2-1-5-9(13-6)14-8(12-5)4-3-17-10(16)7(4)15/h1-2,15H,3H2,(H3,11,12,13,14). The van der Waals surface area contributed by atoms with E-state index in [-0.39, 0.29) is 6.61 Å². The highest BCUT2D eigenvalue weighted by Gasteiger charge is 2.27. The molecule has 17 heavy (non-hydrogen) atoms. The van der Waals surface area contributed by atoms with Gasteiger partial charge >= 0.3 is 5.97 Å². The van der Waals surface area contributed by atoms with Gasteiger partial charge in [-0.05, 0) is 12.1 Å². The number of nitrogens with zero attached hydrogens (tertiary/aromatic N) is 2. The van der Waals surface area contributed by atoms with Gasteiger partial charge in [0.1, 0.15) is 18.2 Å². The van der Waals surface area contributed by atoms with Gasteiger partial charge in [0.2, 0.25) is 5.76 Å². The summed E-state index contributed by atoms with van der Waals surface area (Å²) in [5.74, 6) is -0.445. The van der Waals surface area contributed by atoms with Crippen molar-refractivity contribution >= 4 is 28.5 Å². The van der Waals surface area contributed by atoms with Gasteiger partial charge in [-0.3, -0.25) is 0 Å². The number of imidazole rings is 1. The van der Waals surface area contributed by atoms with Gasteiger partial charge in [-0.25, -0.2) is 14.8 Å². The van der Waals surface area contributed by atoms with Crippen molar-refractivity contribution in [3.05, 3.63) is 23.7 Å². The molecule has 0 aromatic carbocycles. The van der Waals surface area contributed by atoms with E-state index >= 15 is 0 Å². The second-order valence-electron chi connectivity index (χ2n) is 3.60. The van der Waals surface area contributed by atoms with Gasteiger partial charge in [0.05, 0.1) is 11.1 Å². The molecule has 1 aliphatic heterocycles. The molecule has 2 aromatic heterocycles. The predicted molar refractivity (Wildman–Crippen MR) is 58.8 cm³/mol. The van der Waals surface area contributed by atoms with E-state index in [4.69, 9.17) is 5.73 Å². The summed E-state index contributed by atoms with van der Waals surface area (Å²) >= 11 is 0. The van der Waals surface area contributed by atoms with Crippen LogP contribution < -0.4 is 5.73 Å². The third-order valence-corrected chi connectivity index (χ3v) is 2.48. The largest absolute Gasteiger partial charge is 0.501 e. The average molecular weight is 232 g/mol. The molecule has 0 fully saturated rings. The number of H-pyrrole nitrogens is 1. The van der Waals surface area contributed by atoms with Crippen molar-refractivity contribution in [2.24, 2.45) is 0 Å². The third-order valence-electron chi connectivity index (χ3n) is 2.48. The number of nitrogens with two attached hydrogens (primary N) is 1. The maximum Gasteiger partial charge on any atom is 0.374 e. The van der Waals surface area contributed by atoms with Crippen molar-refractivity contribution in [2.75, 3.05) is 12.3 Å². The van der Waals surface area contributed by atoms with Gasteiger partial charge in [-0.1, -0.05) is 0 Å². The Morgan fingerprint density at radius 2 is 2.24 bits per heavy atom. The lowest BCUT2D eigenvalue weighted by Gasteiger charge is -1.92. The van der Waals surface area contributed by atoms with Crippen LogP contribution in [0.1, 0.15) is 5.82 Å². The number of nitrogen functional groups attached to an aromatic ring is 1. The molecule has 0 atom stereocenters. The number of rotatable bonds is 1. The number of carbonyl (C=O) groups is 1. The summed E-state index contributed by atoms with van der Waals surface area (Å²) in [7, 11) is 0. The van der Waals surface area contributed by atoms with Crippen LogP contribution in [0.5, 0.6) is 0 Å². The minimum Gasteiger partial charge on any atom is -0.501 e. The molecule has 86 valence electrons. The lowest BCUT2D eigenvalue weighted by Crippen LogP contribution is -1.97. The Labute approximate surface area is 94.9 Å². The van der Waals surface area contributed by atoms with Crippen LogP contribution in [0.3, 0.4) is 0 Å². The summed E-state index contributed by atoms with van der Waals surface area (Å²) in [6, 6.07) is 3.36. The number of anilines is 1. The number of ether oxygens (including phenoxy) is 1. The van der Waals surface area contributed by atoms with E-state index in [1.54, 1.807) is 12.1 Å². The molecule has 0 unspecified atom stereocenters. The first-order chi connectivity index (χ1) is 8.15. The van der Waals surface area contributed by atoms with Gasteiger partial charge in [0.25, 0.3) is 0 Å². The second-order valence-corrected chi connectivity index (χ2v) is 3.60. The molecule has 0 bridgehead atoms. The van der Waals surface area contributed by atoms with Gasteiger partial charge < -0.3 is 20.6 Å². The second kappa shape index (κ2) is 3.21. The zero-order chi connectivity index (χ0) is 12.0. The number of hydrogen-bond donors (Lipinski definition) is 3. The number of aliphatic hydroxyl groups excluding tert-OH is 1. The fraction of sp³-hybridized carbons (Fsp3) is 0.100. The van der Waals surface area contributed by atoms with Crippen molar-refractivity contribution in [1.82, 2.24) is 15.0 Å². The highest BCUT2D eigenvalue weighted by atomic mass is 16.6. The molecule has 1 aliphatic rings. The van der Waals surface area contributed by atoms with Crippen molar-refractivity contribution in [3.63, 3.8) is 0 Å². The maximum atomic E-state index is 11.0. The normalized spacial score (nSPS) is 15.6. The summed E-state index contributed by atoms with van der Waals surface area (Å²) in [6.07, 6.45) is 0. The number of hydrogen-bond acceptors (Lipinski definition) is 6. The number of esters is 1. The molecule has 0 aliphatic carbocycles. The topological polar surface area (TPSA) is 114 Å². The van der Waals surface area contributed by atoms with Crippen LogP contribution in [0.2, 0.25) is 0 Å². The van der Waals surface area contributed by atoms with Crippen molar-refractivity contribution < 1.29 is 14.6 Å². The number of aliphatic hydroxyl groups is 1. The summed E-state index contributed by atoms with van der Waals surface area (Å²) in [6.45, 7) is -0.0000291. The van der Waals surface area contributed by atoms with Crippen LogP contribution in [0.15, 0.2) is 17.9 Å². The molecule has 0 saturated carbocycles. The van der Waals surface area contributed by atoms with Gasteiger partial charge in [-0.15, -0.1) is 0 Å². The van der Waals surface area contributed by atoms with E-state index in [2.05, 4.69) is 19.7 Å². The number of pyridine rings is 1. The first-order valence-electron chi connectivity index (χ1n) is 4.87. The molecule has 0 amide bonds. The zero-order valence-corrected chi connectivity index (χ0v) is 8.60. The van der Waals surface area contributed by atoms with E-state index in [9.17, 15) is 9.90 Å². The number of carbonyl (C=O) groups excluding carboxylic acids is 1. The van der Waals surface area contributed by atoms with E-state index in [0.717, 1.165) is 0 Å². The Hall–Kier alpha value is -2.57. The van der Waals surface area contributed by atoms with E-state index in [1.165, 1.54) is 0 Å². The first-order valence-corrected chi connectivity index (χ1v) is 4.87. The molecule has 7 nitrogen and oxygen atoms in total. The molecule has 4 N–H and O–H groups in total. The molecule has 3 rings (SSSR count). The van der Waals surface area contributed by atoms with Gasteiger partial charge in [-0.2, -0.15) is 0 Å². The maximum absolute atomic E-state index is 11.0. The molecular weight excluding hydrogens is 224 g/mol. The highest BCUT2D eigenvalue weighted by Crippen LogP contribution is 2.23. The average Bonchev–Trinajstić information content (AvgIpc) is 2.83. The van der Waals surface area contributed by atoms with Crippen LogP contribution >= 0.6 is 0 Å². The van der Waals surface area contributed by atoms with Crippen LogP contribution in [-0.2, 0) is 9.53 Å². The molecule has 2 aromatic rings. The SMILES string of the molecule is Nc1ccc2[nH]c(C3=C(O)C(=O)OC3)nc2n1. The quantitative estimate of drug-likeness (QED) is 0.612. The smallest absolute Gasteiger partial charge is 0.374 e. The molecule has 0 saturated heterocycles. The monoisotopic (exact) mass is 232 g/mol. The van der Waals surface area contributed by atoms with Crippen LogP contribution in [-0.4, -0.2) is 32.6 Å². The van der Waals surface area contributed by atoms with E-state index in [0.29, 0.717) is 28.4 Å². The Morgan fingerprint density at radius 1 is 1.41 bits per heavy atom. The lowest BCUT2D eigenvalue weighted by atomic mass is 10.2. The minimum atomic E-state index is -0.743. The van der Waals surface area contributed by atoms with Crippen LogP contribution in [0, 0.1) is 0 Å². The number of nitrogens with one attached hydrogen (secondary N) is 1. The minimum absolute atomic E-state index is 0.0000291. The predicted octanol–water partition coefficient (Wildman–Crippen LogP) is 0.366. The Morgan fingerprint density at radius 3 is 2.94 bits per heavy atom. The molecule has 0 radical (unpaired) electrons. The number of fused-ring (bicyclic) bond motifs is 1. The lowest BCUT2D eigenvalue weighted by molar-refractivity contribution is -0.138. The fourth-order valence-corrected chi connectivity index (χ4v) is 1.63. The fourth-order valence-electron chi connectivity index (χ4n) is 1.63. The zero-order valence-electron chi connectivity index (χ0n) is 8.60. The number of cyclic esters (lactones) is 1. The summed E-state index contributed by atoms with van der Waals surface area (Å²) in [4.78, 5) is 22.1. The molecular formula is C10H8N4O3. The molecule has 0 spiro atoms. The Kier molecular flexibility index (Phi) is 1.82. The van der Waals surface area contributed by atoms with E-state index < -0.39 is 11.7 Å². The Bertz CT molecular complexity index is 659. The van der Waals surface area contributed by atoms with E-state index in [1.807, 2.05) is 0 Å². The summed E-state index contributed by atoms with van der Waals surface area (Å²) < 4.78 is 4.68. The van der Waals surface area contributed by atoms with Crippen molar-refractivity contribution in [2.45, 2.75) is 0 Å². The Balaban J connectivity index is 2.16. The van der Waals surface area contributed by atoms with Crippen molar-refractivity contribution in [3.8, 4) is 0 Å². The van der Waals surface area contributed by atoms with Crippen LogP contribution in [0.25, 0.3) is 16.7 Å². The molecule has 3 heterocycles. The van der Waals surface area contributed by atoms with Crippen molar-refractivity contribution in [1.29, 1.82) is 0 Å². The first kappa shape index (κ1) is 9.64. The van der Waals surface area contributed by atoms with Gasteiger partial charge in [0, 0.05) is 0 Å². The summed E-state index contributed by atoms with van der Waals surface area (Å²) in [5, 5.41) is 9.49. The summed E-state index contributed by atoms with van der Waals surface area (Å²) in [5.41, 5.74) is 6.96.